The Morgan fingerprint density at radius 2 is 0.804 bits per heavy atom. The zero-order chi connectivity index (χ0) is 30.7. The Bertz CT molecular complexity index is 2270. The van der Waals surface area contributed by atoms with Gasteiger partial charge in [0, 0.05) is 52.0 Å². The van der Waals surface area contributed by atoms with E-state index >= 15 is 0 Å². The van der Waals surface area contributed by atoms with Crippen molar-refractivity contribution in [3.05, 3.63) is 164 Å². The number of hydrogen-bond acceptors (Lipinski definition) is 5. The fraction of sp³-hybridized carbons (Fsp3) is 0. The summed E-state index contributed by atoms with van der Waals surface area (Å²) in [5.41, 5.74) is 9.21. The van der Waals surface area contributed by atoms with E-state index in [1.54, 1.807) is 6.20 Å². The van der Waals surface area contributed by atoms with E-state index in [-0.39, 0.29) is 0 Å². The third-order valence-electron chi connectivity index (χ3n) is 8.07. The highest BCUT2D eigenvalue weighted by Crippen LogP contribution is 2.30. The van der Waals surface area contributed by atoms with Gasteiger partial charge in [0.1, 0.15) is 0 Å². The molecule has 0 N–H and O–H groups in total. The Labute approximate surface area is 267 Å². The third kappa shape index (κ3) is 5.53. The van der Waals surface area contributed by atoms with Gasteiger partial charge in [-0.25, -0.2) is 15.0 Å². The van der Waals surface area contributed by atoms with Crippen molar-refractivity contribution >= 4 is 10.8 Å². The average Bonchev–Trinajstić information content (AvgIpc) is 3.15. The lowest BCUT2D eigenvalue weighted by Crippen LogP contribution is -2.00. The predicted molar refractivity (Wildman–Crippen MR) is 186 cm³/mol. The average molecular weight is 590 g/mol. The van der Waals surface area contributed by atoms with Crippen LogP contribution in [0.1, 0.15) is 0 Å². The van der Waals surface area contributed by atoms with Gasteiger partial charge in [0.15, 0.2) is 17.5 Å². The van der Waals surface area contributed by atoms with Crippen LogP contribution in [0.5, 0.6) is 0 Å². The van der Waals surface area contributed by atoms with E-state index in [4.69, 9.17) is 19.9 Å². The lowest BCUT2D eigenvalue weighted by Gasteiger charge is -2.10. The summed E-state index contributed by atoms with van der Waals surface area (Å²) in [5, 5.41) is 2.22. The van der Waals surface area contributed by atoms with Crippen LogP contribution in [0.3, 0.4) is 0 Å². The van der Waals surface area contributed by atoms with Crippen LogP contribution >= 0.6 is 0 Å². The van der Waals surface area contributed by atoms with E-state index in [9.17, 15) is 0 Å². The minimum atomic E-state index is 0.634. The van der Waals surface area contributed by atoms with E-state index in [1.807, 2.05) is 60.9 Å². The molecule has 5 nitrogen and oxygen atoms in total. The molecule has 0 saturated carbocycles. The normalized spacial score (nSPS) is 11.0. The monoisotopic (exact) mass is 589 g/mol. The standard InChI is InChI=1S/C41H27N5/c1-3-8-28(9-4-1)29-13-15-31(16-14-29)40-44-39(30-10-5-2-6-11-30)45-41(46-40)35-20-18-32-24-34(19-17-33(32)25-35)38-22-21-37(27-43-38)36-12-7-23-42-26-36/h1-27H. The molecule has 0 aliphatic heterocycles. The lowest BCUT2D eigenvalue weighted by molar-refractivity contribution is 1.07. The molecule has 3 heterocycles. The van der Waals surface area contributed by atoms with Gasteiger partial charge in [0.25, 0.3) is 0 Å². The summed E-state index contributed by atoms with van der Waals surface area (Å²) >= 11 is 0. The molecule has 5 heteroatoms. The van der Waals surface area contributed by atoms with Crippen LogP contribution in [0.2, 0.25) is 0 Å². The summed E-state index contributed by atoms with van der Waals surface area (Å²) in [4.78, 5) is 23.8. The molecule has 0 bridgehead atoms. The van der Waals surface area contributed by atoms with Crippen LogP contribution in [0.25, 0.3) is 78.4 Å². The van der Waals surface area contributed by atoms with Crippen molar-refractivity contribution in [1.82, 2.24) is 24.9 Å². The summed E-state index contributed by atoms with van der Waals surface area (Å²) in [6.07, 6.45) is 5.53. The summed E-state index contributed by atoms with van der Waals surface area (Å²) in [6.45, 7) is 0. The molecular weight excluding hydrogens is 562 g/mol. The molecule has 216 valence electrons. The second-order valence-corrected chi connectivity index (χ2v) is 11.1. The maximum Gasteiger partial charge on any atom is 0.164 e. The van der Waals surface area contributed by atoms with Crippen molar-refractivity contribution in [3.63, 3.8) is 0 Å². The fourth-order valence-electron chi connectivity index (χ4n) is 5.61. The molecule has 3 aromatic heterocycles. The van der Waals surface area contributed by atoms with Gasteiger partial charge in [-0.15, -0.1) is 0 Å². The smallest absolute Gasteiger partial charge is 0.164 e. The van der Waals surface area contributed by atoms with Gasteiger partial charge in [0.2, 0.25) is 0 Å². The number of nitrogens with zero attached hydrogens (tertiary/aromatic N) is 5. The predicted octanol–water partition coefficient (Wildman–Crippen LogP) is 9.82. The molecule has 0 fully saturated rings. The van der Waals surface area contributed by atoms with Gasteiger partial charge in [0.05, 0.1) is 5.69 Å². The summed E-state index contributed by atoms with van der Waals surface area (Å²) < 4.78 is 0. The van der Waals surface area contributed by atoms with Gasteiger partial charge in [-0.2, -0.15) is 0 Å². The molecule has 0 unspecified atom stereocenters. The molecule has 0 aliphatic rings. The topological polar surface area (TPSA) is 64.5 Å². The number of hydrogen-bond donors (Lipinski definition) is 0. The molecule has 5 aromatic carbocycles. The van der Waals surface area contributed by atoms with Crippen molar-refractivity contribution in [2.75, 3.05) is 0 Å². The molecular formula is C41H27N5. The lowest BCUT2D eigenvalue weighted by atomic mass is 10.0. The molecule has 0 aliphatic carbocycles. The van der Waals surface area contributed by atoms with Crippen molar-refractivity contribution in [2.45, 2.75) is 0 Å². The Kier molecular flexibility index (Phi) is 7.09. The zero-order valence-electron chi connectivity index (χ0n) is 24.8. The van der Waals surface area contributed by atoms with E-state index in [1.165, 1.54) is 5.56 Å². The Morgan fingerprint density at radius 1 is 0.326 bits per heavy atom. The molecule has 0 spiro atoms. The van der Waals surface area contributed by atoms with Gasteiger partial charge in [-0.05, 0) is 46.2 Å². The second-order valence-electron chi connectivity index (χ2n) is 11.1. The quantitative estimate of drug-likeness (QED) is 0.193. The van der Waals surface area contributed by atoms with Crippen LogP contribution < -0.4 is 0 Å². The van der Waals surface area contributed by atoms with Crippen LogP contribution in [-0.2, 0) is 0 Å². The van der Waals surface area contributed by atoms with E-state index in [0.717, 1.165) is 55.4 Å². The molecule has 8 rings (SSSR count). The number of benzene rings is 5. The largest absolute Gasteiger partial charge is 0.264 e. The van der Waals surface area contributed by atoms with Crippen molar-refractivity contribution in [2.24, 2.45) is 0 Å². The summed E-state index contributed by atoms with van der Waals surface area (Å²) in [5.74, 6) is 1.92. The first-order valence-corrected chi connectivity index (χ1v) is 15.2. The van der Waals surface area contributed by atoms with Crippen molar-refractivity contribution < 1.29 is 0 Å². The summed E-state index contributed by atoms with van der Waals surface area (Å²) in [6, 6.07) is 49.7. The van der Waals surface area contributed by atoms with Crippen LogP contribution in [0.4, 0.5) is 0 Å². The maximum atomic E-state index is 4.97. The van der Waals surface area contributed by atoms with Gasteiger partial charge in [-0.3, -0.25) is 9.97 Å². The molecule has 8 aromatic rings. The molecule has 0 saturated heterocycles. The highest BCUT2D eigenvalue weighted by Gasteiger charge is 2.13. The highest BCUT2D eigenvalue weighted by molar-refractivity contribution is 5.90. The minimum absolute atomic E-state index is 0.634. The first kappa shape index (κ1) is 27.2. The molecule has 0 atom stereocenters. The number of pyridine rings is 2. The van der Waals surface area contributed by atoms with E-state index in [2.05, 4.69) is 102 Å². The Hall–Kier alpha value is -6.33. The van der Waals surface area contributed by atoms with Gasteiger partial charge < -0.3 is 0 Å². The Morgan fingerprint density at radius 3 is 1.43 bits per heavy atom. The minimum Gasteiger partial charge on any atom is -0.264 e. The number of fused-ring (bicyclic) bond motifs is 1. The van der Waals surface area contributed by atoms with Crippen LogP contribution in [0.15, 0.2) is 164 Å². The number of rotatable bonds is 6. The first-order valence-electron chi connectivity index (χ1n) is 15.2. The molecule has 0 amide bonds. The third-order valence-corrected chi connectivity index (χ3v) is 8.07. The summed E-state index contributed by atoms with van der Waals surface area (Å²) in [7, 11) is 0. The fourth-order valence-corrected chi connectivity index (χ4v) is 5.61. The van der Waals surface area contributed by atoms with Crippen LogP contribution in [-0.4, -0.2) is 24.9 Å². The van der Waals surface area contributed by atoms with E-state index < -0.39 is 0 Å². The maximum absolute atomic E-state index is 4.97. The highest BCUT2D eigenvalue weighted by atomic mass is 15.0. The molecule has 0 radical (unpaired) electrons. The zero-order valence-corrected chi connectivity index (χ0v) is 24.8. The van der Waals surface area contributed by atoms with Crippen molar-refractivity contribution in [3.8, 4) is 67.7 Å². The second kappa shape index (κ2) is 12.0. The van der Waals surface area contributed by atoms with Crippen molar-refractivity contribution in [1.29, 1.82) is 0 Å². The van der Waals surface area contributed by atoms with Gasteiger partial charge >= 0.3 is 0 Å². The first-order chi connectivity index (χ1) is 22.8. The van der Waals surface area contributed by atoms with E-state index in [0.29, 0.717) is 17.5 Å². The molecule has 46 heavy (non-hydrogen) atoms. The van der Waals surface area contributed by atoms with Crippen LogP contribution in [0, 0.1) is 0 Å². The SMILES string of the molecule is c1ccc(-c2ccc(-c3nc(-c4ccccc4)nc(-c4ccc5cc(-c6ccc(-c7cccnc7)cn6)ccc5c4)n3)cc2)cc1. The Balaban J connectivity index is 1.14. The number of aromatic nitrogens is 5. The van der Waals surface area contributed by atoms with Gasteiger partial charge in [-0.1, -0.05) is 121 Å².